The zero-order chi connectivity index (χ0) is 14.7. The fraction of sp³-hybridized carbons (Fsp3) is 1.00. The van der Waals surface area contributed by atoms with Gasteiger partial charge in [0, 0.05) is 0 Å². The van der Waals surface area contributed by atoms with Crippen molar-refractivity contribution in [3.8, 4) is 0 Å². The first-order valence-corrected chi connectivity index (χ1v) is 8.19. The first-order chi connectivity index (χ1) is 8.49. The van der Waals surface area contributed by atoms with Gasteiger partial charge in [0.05, 0.1) is 52.4 Å². The zero-order valence-corrected chi connectivity index (χ0v) is 14.6. The summed E-state index contributed by atoms with van der Waals surface area (Å²) in [7, 11) is 0. The number of quaternary nitrogens is 2. The molecule has 0 saturated carbocycles. The number of rotatable bonds is 8. The van der Waals surface area contributed by atoms with Gasteiger partial charge in [-0.1, -0.05) is 0 Å². The summed E-state index contributed by atoms with van der Waals surface area (Å²) in [5.74, 6) is 0. The van der Waals surface area contributed by atoms with E-state index in [1.807, 2.05) is 0 Å². The van der Waals surface area contributed by atoms with Crippen LogP contribution < -0.4 is 0 Å². The van der Waals surface area contributed by atoms with Gasteiger partial charge in [-0.3, -0.25) is 0 Å². The maximum Gasteiger partial charge on any atom is 1.00 e. The average Bonchev–Trinajstić information content (AvgIpc) is 2.46. The standard InChI is InChI=1S/2C8H20N/c2*1-5-9(6-2,7-3)8-4/h2*5-8H2,1-4H3/q2*+1/p+4. The molecule has 0 spiro atoms. The molecule has 0 rings (SSSR count). The summed E-state index contributed by atoms with van der Waals surface area (Å²) in [5.41, 5.74) is 0. The molecule has 0 aromatic carbocycles. The number of hydrogen-bond acceptors (Lipinski definition) is 0. The Morgan fingerprint density at radius 2 is 0.500 bits per heavy atom. The average molecular weight is 265 g/mol. The molecule has 0 aliphatic rings. The molecule has 2 heteroatoms. The van der Waals surface area contributed by atoms with E-state index in [2.05, 4.69) is 55.4 Å². The van der Waals surface area contributed by atoms with Gasteiger partial charge in [0.25, 0.3) is 0 Å². The van der Waals surface area contributed by atoms with Gasteiger partial charge in [-0.2, -0.15) is 0 Å². The molecule has 0 N–H and O–H groups in total. The van der Waals surface area contributed by atoms with Crippen molar-refractivity contribution < 1.29 is 14.7 Å². The van der Waals surface area contributed by atoms with Crippen molar-refractivity contribution in [2.75, 3.05) is 52.4 Å². The van der Waals surface area contributed by atoms with Crippen LogP contribution in [-0.2, 0) is 0 Å². The molecule has 0 heterocycles. The van der Waals surface area contributed by atoms with Crippen molar-refractivity contribution in [3.63, 3.8) is 0 Å². The third-order valence-corrected chi connectivity index (χ3v) is 5.37. The van der Waals surface area contributed by atoms with Gasteiger partial charge in [0.1, 0.15) is 0 Å². The second-order valence-corrected chi connectivity index (χ2v) is 5.21. The predicted octanol–water partition coefficient (Wildman–Crippen LogP) is 4.22. The number of hydrogen-bond donors (Lipinski definition) is 0. The Balaban J connectivity index is -0.0000000492. The van der Waals surface area contributed by atoms with Gasteiger partial charge < -0.3 is 8.97 Å². The third kappa shape index (κ3) is 6.19. The van der Waals surface area contributed by atoms with Crippen molar-refractivity contribution in [2.24, 2.45) is 0 Å². The fourth-order valence-electron chi connectivity index (χ4n) is 2.68. The Morgan fingerprint density at radius 3 is 0.500 bits per heavy atom. The maximum atomic E-state index is 2.27. The molecule has 0 saturated heterocycles. The van der Waals surface area contributed by atoms with E-state index in [9.17, 15) is 0 Å². The zero-order valence-electron chi connectivity index (χ0n) is 18.6. The van der Waals surface area contributed by atoms with Gasteiger partial charge in [0.2, 0.25) is 0 Å². The minimum absolute atomic E-state index is 0. The molecule has 0 aromatic rings. The molecular formula is C16H44N2+6. The molecule has 112 valence electrons. The Morgan fingerprint density at radius 1 is 0.389 bits per heavy atom. The van der Waals surface area contributed by atoms with E-state index in [-0.39, 0.29) is 5.71 Å². The van der Waals surface area contributed by atoms with Crippen LogP contribution in [0, 0.1) is 0 Å². The third-order valence-electron chi connectivity index (χ3n) is 5.37. The van der Waals surface area contributed by atoms with Crippen LogP contribution in [-0.4, -0.2) is 61.3 Å². The van der Waals surface area contributed by atoms with Crippen molar-refractivity contribution in [1.82, 2.24) is 0 Å². The van der Waals surface area contributed by atoms with Crippen LogP contribution in [0.2, 0.25) is 0 Å². The molecule has 0 amide bonds. The summed E-state index contributed by atoms with van der Waals surface area (Å²) < 4.78 is 2.56. The lowest BCUT2D eigenvalue weighted by molar-refractivity contribution is -0.921. The van der Waals surface area contributed by atoms with Gasteiger partial charge in [0.15, 0.2) is 0 Å². The van der Waals surface area contributed by atoms with E-state index in [4.69, 9.17) is 0 Å². The van der Waals surface area contributed by atoms with Crippen LogP contribution in [0.5, 0.6) is 0 Å². The highest BCUT2D eigenvalue weighted by molar-refractivity contribution is 4.31. The second kappa shape index (κ2) is 10.8. The van der Waals surface area contributed by atoms with Gasteiger partial charge in [-0.15, -0.1) is 0 Å². The van der Waals surface area contributed by atoms with E-state index < -0.39 is 0 Å². The van der Waals surface area contributed by atoms with Crippen LogP contribution in [0.4, 0.5) is 0 Å². The lowest BCUT2D eigenvalue weighted by Gasteiger charge is -2.34. The Kier molecular flexibility index (Phi) is 12.2. The molecule has 0 aliphatic carbocycles. The van der Waals surface area contributed by atoms with Crippen LogP contribution in [0.3, 0.4) is 0 Å². The van der Waals surface area contributed by atoms with E-state index in [1.165, 1.54) is 61.3 Å². The second-order valence-electron chi connectivity index (χ2n) is 5.21. The highest BCUT2D eigenvalue weighted by atomic mass is 15.3. The monoisotopic (exact) mass is 264 g/mol. The van der Waals surface area contributed by atoms with E-state index in [0.717, 1.165) is 0 Å². The SMILES string of the molecule is CC[N+](CC)(CC)CC.CC[N+](CC)(CC)CC.[H+].[H+].[H+].[H+]. The molecule has 18 heavy (non-hydrogen) atoms. The summed E-state index contributed by atoms with van der Waals surface area (Å²) in [6, 6.07) is 0. The highest BCUT2D eigenvalue weighted by Crippen LogP contribution is 2.03. The van der Waals surface area contributed by atoms with E-state index in [0.29, 0.717) is 0 Å². The molecule has 2 nitrogen and oxygen atoms in total. The van der Waals surface area contributed by atoms with Crippen LogP contribution >= 0.6 is 0 Å². The molecule has 0 bridgehead atoms. The molecular weight excluding hydrogens is 220 g/mol. The quantitative estimate of drug-likeness (QED) is 0.576. The fourth-order valence-corrected chi connectivity index (χ4v) is 2.68. The summed E-state index contributed by atoms with van der Waals surface area (Å²) in [6.45, 7) is 28.4. The first kappa shape index (κ1) is 20.2. The van der Waals surface area contributed by atoms with Crippen molar-refractivity contribution in [1.29, 1.82) is 0 Å². The van der Waals surface area contributed by atoms with Crippen LogP contribution in [0.1, 0.15) is 61.1 Å². The maximum absolute atomic E-state index is 2.27. The van der Waals surface area contributed by atoms with Gasteiger partial charge in [-0.05, 0) is 55.4 Å². The summed E-state index contributed by atoms with van der Waals surface area (Å²) in [5, 5.41) is 0. The smallest absolute Gasteiger partial charge is 0.325 e. The van der Waals surface area contributed by atoms with Crippen molar-refractivity contribution >= 4 is 0 Å². The summed E-state index contributed by atoms with van der Waals surface area (Å²) in [4.78, 5) is 0. The van der Waals surface area contributed by atoms with Gasteiger partial charge in [-0.25, -0.2) is 0 Å². The van der Waals surface area contributed by atoms with Crippen molar-refractivity contribution in [3.05, 3.63) is 0 Å². The Hall–Kier alpha value is -0.0800. The van der Waals surface area contributed by atoms with Gasteiger partial charge >= 0.3 is 5.71 Å². The lowest BCUT2D eigenvalue weighted by atomic mass is 10.3. The topological polar surface area (TPSA) is 0 Å². The minimum atomic E-state index is 0. The lowest BCUT2D eigenvalue weighted by Crippen LogP contribution is -2.47. The van der Waals surface area contributed by atoms with E-state index >= 15 is 0 Å². The normalized spacial score (nSPS) is 12.0. The molecule has 0 radical (unpaired) electrons. The highest BCUT2D eigenvalue weighted by Gasteiger charge is 2.16. The molecule has 0 atom stereocenters. The van der Waals surface area contributed by atoms with Crippen LogP contribution in [0.15, 0.2) is 0 Å². The molecule has 0 aromatic heterocycles. The van der Waals surface area contributed by atoms with E-state index in [1.54, 1.807) is 0 Å². The summed E-state index contributed by atoms with van der Waals surface area (Å²) >= 11 is 0. The Bertz CT molecular complexity index is 130. The Labute approximate surface area is 123 Å². The molecule has 0 aliphatic heterocycles. The number of nitrogens with zero attached hydrogens (tertiary/aromatic N) is 2. The summed E-state index contributed by atoms with van der Waals surface area (Å²) in [6.07, 6.45) is 0. The minimum Gasteiger partial charge on any atom is -0.325 e. The largest absolute Gasteiger partial charge is 1.00 e. The van der Waals surface area contributed by atoms with Crippen LogP contribution in [0.25, 0.3) is 0 Å². The molecule has 0 unspecified atom stereocenters. The predicted molar refractivity (Wildman–Crippen MR) is 89.3 cm³/mol. The first-order valence-electron chi connectivity index (χ1n) is 8.19. The molecule has 0 fully saturated rings. The van der Waals surface area contributed by atoms with Crippen molar-refractivity contribution in [2.45, 2.75) is 55.4 Å².